The number of carbonyl (C=O) groups is 3. The summed E-state index contributed by atoms with van der Waals surface area (Å²) < 4.78 is 16.6. The van der Waals surface area contributed by atoms with Crippen LogP contribution in [0.4, 0.5) is 0 Å². The fraction of sp³-hybridized carbons (Fsp3) is 0.915. The normalized spacial score (nSPS) is 12.0. The zero-order valence-electron chi connectivity index (χ0n) is 44.0. The third-order valence-electron chi connectivity index (χ3n) is 13.3. The Morgan fingerprint density at radius 3 is 0.769 bits per heavy atom. The van der Waals surface area contributed by atoms with E-state index in [1.54, 1.807) is 0 Å². The molecular weight excluding hydrogens is 805 g/mol. The first-order valence-electron chi connectivity index (χ1n) is 29.2. The highest BCUT2D eigenvalue weighted by Gasteiger charge is 2.19. The second-order valence-electron chi connectivity index (χ2n) is 19.9. The van der Waals surface area contributed by atoms with E-state index in [0.717, 1.165) is 64.2 Å². The van der Waals surface area contributed by atoms with Crippen molar-refractivity contribution in [1.82, 2.24) is 0 Å². The number of rotatable bonds is 54. The lowest BCUT2D eigenvalue weighted by molar-refractivity contribution is -0.167. The molecule has 0 fully saturated rings. The van der Waals surface area contributed by atoms with Gasteiger partial charge in [-0.15, -0.1) is 0 Å². The fourth-order valence-corrected chi connectivity index (χ4v) is 8.85. The fourth-order valence-electron chi connectivity index (χ4n) is 8.85. The van der Waals surface area contributed by atoms with E-state index in [1.807, 2.05) is 0 Å². The molecule has 0 aliphatic rings. The van der Waals surface area contributed by atoms with Gasteiger partial charge in [0.05, 0.1) is 0 Å². The molecule has 6 nitrogen and oxygen atoms in total. The molecule has 0 aromatic heterocycles. The van der Waals surface area contributed by atoms with Gasteiger partial charge in [-0.2, -0.15) is 0 Å². The predicted octanol–water partition coefficient (Wildman–Crippen LogP) is 19.3. The second-order valence-corrected chi connectivity index (χ2v) is 19.9. The topological polar surface area (TPSA) is 78.9 Å². The van der Waals surface area contributed by atoms with Gasteiger partial charge in [0.25, 0.3) is 0 Å². The van der Waals surface area contributed by atoms with Crippen molar-refractivity contribution in [3.05, 3.63) is 12.2 Å². The molecule has 0 N–H and O–H groups in total. The zero-order valence-corrected chi connectivity index (χ0v) is 44.0. The molecule has 1 atom stereocenters. The van der Waals surface area contributed by atoms with Gasteiger partial charge in [0, 0.05) is 19.3 Å². The number of unbranched alkanes of at least 4 members (excludes halogenated alkanes) is 41. The van der Waals surface area contributed by atoms with Crippen molar-refractivity contribution >= 4 is 17.9 Å². The average Bonchev–Trinajstić information content (AvgIpc) is 3.30. The lowest BCUT2D eigenvalue weighted by Crippen LogP contribution is -2.30. The summed E-state index contributed by atoms with van der Waals surface area (Å²) in [6, 6.07) is 0. The summed E-state index contributed by atoms with van der Waals surface area (Å²) in [5.41, 5.74) is 0. The molecule has 0 aromatic carbocycles. The monoisotopic (exact) mass is 917 g/mol. The lowest BCUT2D eigenvalue weighted by Gasteiger charge is -2.18. The Bertz CT molecular complexity index is 1010. The molecule has 0 saturated carbocycles. The highest BCUT2D eigenvalue weighted by molar-refractivity contribution is 5.71. The van der Waals surface area contributed by atoms with Gasteiger partial charge < -0.3 is 14.2 Å². The number of esters is 3. The SMILES string of the molecule is CCCCCCCCCC/C=C\CCCCCCCCCCCCCCCCCCCCCCCCCC(=O)OCC(COC(=O)CCCCCCC)OC(=O)CCCCCCCCC. The summed E-state index contributed by atoms with van der Waals surface area (Å²) in [5.74, 6) is -0.873. The van der Waals surface area contributed by atoms with Gasteiger partial charge in [-0.3, -0.25) is 14.4 Å². The van der Waals surface area contributed by atoms with E-state index >= 15 is 0 Å². The molecule has 384 valence electrons. The predicted molar refractivity (Wildman–Crippen MR) is 280 cm³/mol. The van der Waals surface area contributed by atoms with Crippen molar-refractivity contribution in [2.75, 3.05) is 13.2 Å². The van der Waals surface area contributed by atoms with Crippen LogP contribution in [0.15, 0.2) is 12.2 Å². The first-order valence-corrected chi connectivity index (χ1v) is 29.2. The third-order valence-corrected chi connectivity index (χ3v) is 13.3. The standard InChI is InChI=1S/C59H112O6/c1-4-7-10-13-15-16-17-18-19-20-21-22-23-24-25-26-27-28-29-30-31-32-33-34-35-36-37-38-39-40-41-42-44-46-49-52-58(61)64-55-56(54-63-57(60)51-48-45-12-9-6-3)65-59(62)53-50-47-43-14-11-8-5-2/h20-21,56H,4-19,22-55H2,1-3H3/b21-20-. The Morgan fingerprint density at radius 2 is 0.508 bits per heavy atom. The maximum absolute atomic E-state index is 12.6. The summed E-state index contributed by atoms with van der Waals surface area (Å²) in [5, 5.41) is 0. The third kappa shape index (κ3) is 53.0. The van der Waals surface area contributed by atoms with Crippen LogP contribution in [0, 0.1) is 0 Å². The van der Waals surface area contributed by atoms with Crippen molar-refractivity contribution in [1.29, 1.82) is 0 Å². The van der Waals surface area contributed by atoms with E-state index in [9.17, 15) is 14.4 Å². The largest absolute Gasteiger partial charge is 0.462 e. The Labute approximate surface area is 405 Å². The van der Waals surface area contributed by atoms with Crippen LogP contribution >= 0.6 is 0 Å². The van der Waals surface area contributed by atoms with Gasteiger partial charge >= 0.3 is 17.9 Å². The molecule has 65 heavy (non-hydrogen) atoms. The van der Waals surface area contributed by atoms with E-state index < -0.39 is 6.10 Å². The molecule has 0 bridgehead atoms. The molecule has 6 heteroatoms. The van der Waals surface area contributed by atoms with Crippen molar-refractivity contribution in [2.45, 2.75) is 335 Å². The molecule has 1 unspecified atom stereocenters. The summed E-state index contributed by atoms with van der Waals surface area (Å²) >= 11 is 0. The minimum absolute atomic E-state index is 0.0656. The number of allylic oxidation sites excluding steroid dienone is 2. The van der Waals surface area contributed by atoms with Crippen LogP contribution in [-0.4, -0.2) is 37.2 Å². The quantitative estimate of drug-likeness (QED) is 0.0262. The lowest BCUT2D eigenvalue weighted by atomic mass is 10.0. The molecule has 0 saturated heterocycles. The number of hydrogen-bond acceptors (Lipinski definition) is 6. The average molecular weight is 918 g/mol. The van der Waals surface area contributed by atoms with Crippen LogP contribution in [0.3, 0.4) is 0 Å². The van der Waals surface area contributed by atoms with Crippen molar-refractivity contribution < 1.29 is 28.6 Å². The van der Waals surface area contributed by atoms with Crippen LogP contribution in [0.25, 0.3) is 0 Å². The summed E-state index contributed by atoms with van der Waals surface area (Å²) in [4.78, 5) is 37.4. The molecule has 0 rings (SSSR count). The Hall–Kier alpha value is -1.85. The van der Waals surface area contributed by atoms with Gasteiger partial charge in [0.2, 0.25) is 0 Å². The van der Waals surface area contributed by atoms with Gasteiger partial charge in [0.1, 0.15) is 13.2 Å². The maximum Gasteiger partial charge on any atom is 0.306 e. The first-order chi connectivity index (χ1) is 32.0. The van der Waals surface area contributed by atoms with Crippen LogP contribution in [0.1, 0.15) is 329 Å². The van der Waals surface area contributed by atoms with Gasteiger partial charge in [-0.05, 0) is 44.9 Å². The van der Waals surface area contributed by atoms with Crippen molar-refractivity contribution in [2.24, 2.45) is 0 Å². The first kappa shape index (κ1) is 63.1. The molecule has 0 aliphatic heterocycles. The van der Waals surface area contributed by atoms with Crippen LogP contribution in [-0.2, 0) is 28.6 Å². The Kier molecular flexibility index (Phi) is 53.2. The van der Waals surface area contributed by atoms with E-state index in [0.29, 0.717) is 19.3 Å². The van der Waals surface area contributed by atoms with Crippen molar-refractivity contribution in [3.8, 4) is 0 Å². The second kappa shape index (κ2) is 54.8. The highest BCUT2D eigenvalue weighted by atomic mass is 16.6. The number of hydrogen-bond donors (Lipinski definition) is 0. The van der Waals surface area contributed by atoms with Crippen molar-refractivity contribution in [3.63, 3.8) is 0 Å². The van der Waals surface area contributed by atoms with Crippen LogP contribution in [0.2, 0.25) is 0 Å². The molecule has 0 spiro atoms. The molecular formula is C59H112O6. The molecule has 0 amide bonds. The Balaban J connectivity index is 3.69. The maximum atomic E-state index is 12.6. The van der Waals surface area contributed by atoms with Gasteiger partial charge in [-0.25, -0.2) is 0 Å². The summed E-state index contributed by atoms with van der Waals surface area (Å²) in [7, 11) is 0. The van der Waals surface area contributed by atoms with Gasteiger partial charge in [0.15, 0.2) is 6.10 Å². The number of carbonyl (C=O) groups excluding carboxylic acids is 3. The van der Waals surface area contributed by atoms with E-state index in [4.69, 9.17) is 14.2 Å². The summed E-state index contributed by atoms with van der Waals surface area (Å²) in [6.07, 6.45) is 63.2. The molecule has 0 heterocycles. The molecule has 0 radical (unpaired) electrons. The van der Waals surface area contributed by atoms with E-state index in [-0.39, 0.29) is 31.1 Å². The summed E-state index contributed by atoms with van der Waals surface area (Å²) in [6.45, 7) is 6.54. The minimum atomic E-state index is -0.758. The van der Waals surface area contributed by atoms with Crippen LogP contribution in [0.5, 0.6) is 0 Å². The van der Waals surface area contributed by atoms with E-state index in [1.165, 1.54) is 225 Å². The molecule has 0 aromatic rings. The number of ether oxygens (including phenoxy) is 3. The van der Waals surface area contributed by atoms with E-state index in [2.05, 4.69) is 32.9 Å². The minimum Gasteiger partial charge on any atom is -0.462 e. The van der Waals surface area contributed by atoms with Crippen LogP contribution < -0.4 is 0 Å². The smallest absolute Gasteiger partial charge is 0.306 e. The zero-order chi connectivity index (χ0) is 47.2. The van der Waals surface area contributed by atoms with Gasteiger partial charge in [-0.1, -0.05) is 277 Å². The molecule has 0 aliphatic carbocycles. The Morgan fingerprint density at radius 1 is 0.292 bits per heavy atom. The highest BCUT2D eigenvalue weighted by Crippen LogP contribution is 2.17.